The first-order valence-corrected chi connectivity index (χ1v) is 25.4. The summed E-state index contributed by atoms with van der Waals surface area (Å²) in [6.45, 7) is 29.8. The molecular formula is C75H87Rh3-3. The summed E-state index contributed by atoms with van der Waals surface area (Å²) in [4.78, 5) is 0. The predicted molar refractivity (Wildman–Crippen MR) is 341 cm³/mol. The molecular weight excluding hydrogens is 1210 g/mol. The van der Waals surface area contributed by atoms with Gasteiger partial charge in [0.25, 0.3) is 0 Å². The number of hydrogen-bond acceptors (Lipinski definition) is 0. The van der Waals surface area contributed by atoms with Crippen molar-refractivity contribution < 1.29 is 58.4 Å². The molecule has 0 atom stereocenters. The van der Waals surface area contributed by atoms with Gasteiger partial charge in [-0.15, -0.1) is 0 Å². The molecule has 0 spiro atoms. The fourth-order valence-electron chi connectivity index (χ4n) is 8.30. The van der Waals surface area contributed by atoms with Crippen LogP contribution in [0, 0.1) is 119 Å². The zero-order valence-electron chi connectivity index (χ0n) is 49.8. The Morgan fingerprint density at radius 2 is 0.397 bits per heavy atom. The Morgan fingerprint density at radius 3 is 0.705 bits per heavy atom. The molecule has 11 aromatic carbocycles. The van der Waals surface area contributed by atoms with Gasteiger partial charge >= 0.3 is 0 Å². The molecule has 0 nitrogen and oxygen atoms in total. The summed E-state index contributed by atoms with van der Waals surface area (Å²) in [6.07, 6.45) is 0. The third-order valence-electron chi connectivity index (χ3n) is 12.8. The van der Waals surface area contributed by atoms with Crippen LogP contribution in [0.2, 0.25) is 0 Å². The van der Waals surface area contributed by atoms with Gasteiger partial charge in [0.1, 0.15) is 0 Å². The number of benzene rings is 11. The van der Waals surface area contributed by atoms with E-state index in [1.54, 1.807) is 0 Å². The van der Waals surface area contributed by atoms with Gasteiger partial charge in [-0.1, -0.05) is 263 Å². The largest absolute Gasteiger partial charge is 0.358 e. The van der Waals surface area contributed by atoms with E-state index in [0.29, 0.717) is 0 Å². The van der Waals surface area contributed by atoms with E-state index in [0.717, 1.165) is 0 Å². The number of rotatable bonds is 0. The van der Waals surface area contributed by atoms with Crippen LogP contribution in [0.25, 0.3) is 43.1 Å². The van der Waals surface area contributed by atoms with Crippen LogP contribution in [0.15, 0.2) is 218 Å². The number of hydrogen-bond donors (Lipinski definition) is 0. The van der Waals surface area contributed by atoms with Crippen LogP contribution in [0.3, 0.4) is 0 Å². The molecule has 78 heavy (non-hydrogen) atoms. The Morgan fingerprint density at radius 1 is 0.167 bits per heavy atom. The van der Waals surface area contributed by atoms with E-state index in [2.05, 4.69) is 315 Å². The van der Waals surface area contributed by atoms with Gasteiger partial charge in [0.15, 0.2) is 0 Å². The molecule has 0 heterocycles. The van der Waals surface area contributed by atoms with Crippen LogP contribution < -0.4 is 0 Å². The molecule has 11 rings (SSSR count). The minimum Gasteiger partial charge on any atom is -0.358 e. The van der Waals surface area contributed by atoms with Gasteiger partial charge < -0.3 is 22.3 Å². The molecule has 0 bridgehead atoms. The molecule has 0 amide bonds. The molecule has 0 N–H and O–H groups in total. The second-order valence-corrected chi connectivity index (χ2v) is 19.6. The Bertz CT molecular complexity index is 3200. The van der Waals surface area contributed by atoms with Crippen molar-refractivity contribution in [2.75, 3.05) is 0 Å². The minimum atomic E-state index is 0. The van der Waals surface area contributed by atoms with E-state index in [-0.39, 0.29) is 80.7 Å². The molecule has 0 aromatic heterocycles. The maximum atomic E-state index is 2.22. The van der Waals surface area contributed by atoms with Crippen LogP contribution in [0.4, 0.5) is 0 Å². The second-order valence-electron chi connectivity index (χ2n) is 19.6. The zero-order chi connectivity index (χ0) is 52.2. The van der Waals surface area contributed by atoms with Crippen molar-refractivity contribution >= 4 is 43.1 Å². The van der Waals surface area contributed by atoms with Crippen molar-refractivity contribution in [2.45, 2.75) is 96.9 Å². The van der Waals surface area contributed by atoms with Gasteiger partial charge in [-0.25, -0.2) is 0 Å². The van der Waals surface area contributed by atoms with Gasteiger partial charge in [0.05, 0.1) is 0 Å². The van der Waals surface area contributed by atoms with Crippen LogP contribution in [-0.2, 0) is 58.4 Å². The average molecular weight is 1300 g/mol. The Kier molecular flexibility index (Phi) is 36.3. The quantitative estimate of drug-likeness (QED) is 0.105. The third kappa shape index (κ3) is 24.6. The summed E-state index contributed by atoms with van der Waals surface area (Å²) in [5, 5.41) is 10.8. The van der Waals surface area contributed by atoms with E-state index < -0.39 is 0 Å². The molecule has 3 heteroatoms. The molecule has 417 valence electrons. The Hall–Kier alpha value is -5.67. The maximum absolute atomic E-state index is 2.22. The van der Waals surface area contributed by atoms with E-state index >= 15 is 0 Å². The first-order chi connectivity index (χ1) is 34.5. The minimum absolute atomic E-state index is 0. The molecule has 0 unspecified atom stereocenters. The van der Waals surface area contributed by atoms with Crippen LogP contribution >= 0.6 is 0 Å². The zero-order valence-corrected chi connectivity index (χ0v) is 54.7. The normalized spacial score (nSPS) is 9.31. The van der Waals surface area contributed by atoms with Gasteiger partial charge in [0.2, 0.25) is 0 Å². The monoisotopic (exact) mass is 1300 g/mol. The molecule has 0 saturated heterocycles. The van der Waals surface area contributed by atoms with E-state index in [9.17, 15) is 0 Å². The third-order valence-corrected chi connectivity index (χ3v) is 12.8. The van der Waals surface area contributed by atoms with Crippen molar-refractivity contribution in [1.29, 1.82) is 0 Å². The van der Waals surface area contributed by atoms with Gasteiger partial charge in [-0.2, -0.15) is 0 Å². The first kappa shape index (κ1) is 74.4. The fourth-order valence-corrected chi connectivity index (χ4v) is 8.30. The topological polar surface area (TPSA) is 0 Å². The van der Waals surface area contributed by atoms with Crippen molar-refractivity contribution in [3.05, 3.63) is 319 Å². The summed E-state index contributed by atoms with van der Waals surface area (Å²) in [5.41, 5.74) is 18.8. The predicted octanol–water partition coefficient (Wildman–Crippen LogP) is 22.1. The second kappa shape index (κ2) is 38.0. The molecule has 0 aliphatic carbocycles. The summed E-state index contributed by atoms with van der Waals surface area (Å²) in [5.74, 6) is 0. The molecule has 11 aromatic rings. The number of fused-ring (bicyclic) bond motifs is 4. The van der Waals surface area contributed by atoms with E-state index in [4.69, 9.17) is 0 Å². The summed E-state index contributed by atoms with van der Waals surface area (Å²) in [6, 6.07) is 77.3. The molecule has 3 radical (unpaired) electrons. The molecule has 0 aliphatic heterocycles. The number of aryl methyl sites for hydroxylation is 14. The van der Waals surface area contributed by atoms with Crippen molar-refractivity contribution in [1.82, 2.24) is 0 Å². The standard InChI is InChI=1S/4C12H12.3C8H10.3CH3.3Rh/c1-9-3-5-12-8-10(2)4-6-11(12)7-9;1-9-3-5-11-6-4-10(2)8-12(11)7-9;1-9-5-3-8-12-10(2)6-4-7-11(9)12;1-9-7-8-10(2)12-6-4-3-5-11(9)12;1-7-3-5-8(2)6-4-7;1-7-4-3-5-8(2)6-7;1-7-5-3-4-6-8(7)2;;;;;;/h4*3-8H,1-2H3;3*3-6H,1-2H3;3*1H3;;;/q;;;;;;;3*-1;;;. The molecule has 0 aliphatic rings. The summed E-state index contributed by atoms with van der Waals surface area (Å²) >= 11 is 0. The van der Waals surface area contributed by atoms with Gasteiger partial charge in [0, 0.05) is 58.4 Å². The van der Waals surface area contributed by atoms with Crippen LogP contribution in [0.5, 0.6) is 0 Å². The van der Waals surface area contributed by atoms with Crippen LogP contribution in [0.1, 0.15) is 77.9 Å². The van der Waals surface area contributed by atoms with Crippen molar-refractivity contribution in [3.8, 4) is 0 Å². The van der Waals surface area contributed by atoms with Crippen molar-refractivity contribution in [3.63, 3.8) is 0 Å². The van der Waals surface area contributed by atoms with Crippen LogP contribution in [-0.4, -0.2) is 0 Å². The van der Waals surface area contributed by atoms with Crippen molar-refractivity contribution in [2.24, 2.45) is 0 Å². The molecule has 0 saturated carbocycles. The molecule has 0 fully saturated rings. The fraction of sp³-hybridized carbons (Fsp3) is 0.187. The first-order valence-electron chi connectivity index (χ1n) is 25.4. The SMILES string of the molecule is Cc1ccc(C)c2ccccc12.Cc1ccc(C)cc1.Cc1ccc2cc(C)ccc2c1.Cc1ccc2ccc(C)cc2c1.Cc1cccc(C)c1.Cc1cccc2c(C)cccc12.Cc1ccccc1C.[CH3-].[CH3-].[CH3-].[Rh].[Rh].[Rh]. The van der Waals surface area contributed by atoms with Gasteiger partial charge in [-0.05, 0) is 173 Å². The maximum Gasteiger partial charge on any atom is 0 e. The Labute approximate surface area is 512 Å². The average Bonchev–Trinajstić information content (AvgIpc) is 3.36. The smallest absolute Gasteiger partial charge is 0 e. The summed E-state index contributed by atoms with van der Waals surface area (Å²) in [7, 11) is 0. The van der Waals surface area contributed by atoms with Gasteiger partial charge in [-0.3, -0.25) is 0 Å². The van der Waals surface area contributed by atoms with E-state index in [1.165, 1.54) is 121 Å². The summed E-state index contributed by atoms with van der Waals surface area (Å²) < 4.78 is 0. The Balaban J connectivity index is 0. The van der Waals surface area contributed by atoms with E-state index in [1.807, 2.05) is 0 Å².